The van der Waals surface area contributed by atoms with Gasteiger partial charge in [-0.05, 0) is 0 Å². The molecule has 3 nitrogen and oxygen atoms in total. The van der Waals surface area contributed by atoms with Crippen LogP contribution < -0.4 is 5.32 Å². The Kier molecular flexibility index (Phi) is 3.47. The minimum atomic E-state index is 0. The lowest BCUT2D eigenvalue weighted by Crippen LogP contribution is -1.84. The fourth-order valence-electron chi connectivity index (χ4n) is 0.282. The molecule has 1 N–H and O–H groups in total. The van der Waals surface area contributed by atoms with Crippen molar-refractivity contribution in [1.82, 2.24) is 10.2 Å². The molecule has 46 valence electrons. The summed E-state index contributed by atoms with van der Waals surface area (Å²) in [5, 5.41) is 11.0. The Labute approximate surface area is 57.5 Å². The van der Waals surface area contributed by atoms with Gasteiger partial charge in [0.15, 0.2) is 0 Å². The van der Waals surface area contributed by atoms with E-state index in [0.717, 1.165) is 5.13 Å². The van der Waals surface area contributed by atoms with Crippen LogP contribution in [0, 0.1) is 0 Å². The summed E-state index contributed by atoms with van der Waals surface area (Å²) in [6.07, 6.45) is 0. The number of halogens is 1. The van der Waals surface area contributed by atoms with Crippen LogP contribution in [0.5, 0.6) is 0 Å². The molecule has 0 spiro atoms. The molecule has 5 heteroatoms. The Morgan fingerprint density at radius 2 is 2.50 bits per heavy atom. The molecule has 0 atom stereocenters. The normalized spacial score (nSPS) is 7.62. The summed E-state index contributed by atoms with van der Waals surface area (Å²) < 4.78 is 0. The van der Waals surface area contributed by atoms with Crippen LogP contribution in [0.1, 0.15) is 0 Å². The van der Waals surface area contributed by atoms with E-state index in [-0.39, 0.29) is 12.4 Å². The average Bonchev–Trinajstić information content (AvgIpc) is 2.14. The van der Waals surface area contributed by atoms with E-state index < -0.39 is 0 Å². The maximum absolute atomic E-state index is 3.69. The molecule has 0 saturated carbocycles. The Hall–Kier alpha value is -0.350. The van der Waals surface area contributed by atoms with E-state index in [9.17, 15) is 0 Å². The van der Waals surface area contributed by atoms with E-state index in [2.05, 4.69) is 15.5 Å². The van der Waals surface area contributed by atoms with Crippen molar-refractivity contribution in [3.63, 3.8) is 0 Å². The number of anilines is 1. The topological polar surface area (TPSA) is 37.8 Å². The van der Waals surface area contributed by atoms with Gasteiger partial charge in [0.2, 0.25) is 5.13 Å². The molecule has 0 aliphatic rings. The van der Waals surface area contributed by atoms with Gasteiger partial charge in [-0.3, -0.25) is 0 Å². The molecular weight excluding hydrogens is 146 g/mol. The van der Waals surface area contributed by atoms with Crippen molar-refractivity contribution in [2.75, 3.05) is 12.4 Å². The molecule has 8 heavy (non-hydrogen) atoms. The maximum atomic E-state index is 3.69. The first-order chi connectivity index (χ1) is 3.43. The Bertz CT molecular complexity index is 129. The van der Waals surface area contributed by atoms with Crippen LogP contribution in [0.4, 0.5) is 5.13 Å². The highest BCUT2D eigenvalue weighted by Gasteiger charge is 1.84. The molecule has 0 aliphatic heterocycles. The van der Waals surface area contributed by atoms with Crippen LogP contribution in [-0.4, -0.2) is 17.2 Å². The van der Waals surface area contributed by atoms with Crippen molar-refractivity contribution >= 4 is 28.9 Å². The fourth-order valence-corrected chi connectivity index (χ4v) is 0.688. The van der Waals surface area contributed by atoms with Gasteiger partial charge in [0, 0.05) is 7.05 Å². The average molecular weight is 152 g/mol. The van der Waals surface area contributed by atoms with Gasteiger partial charge in [0.1, 0.15) is 5.51 Å². The first kappa shape index (κ1) is 7.65. The predicted octanol–water partition coefficient (Wildman–Crippen LogP) is 1.00. The van der Waals surface area contributed by atoms with Gasteiger partial charge in [0.25, 0.3) is 0 Å². The molecule has 1 heterocycles. The van der Waals surface area contributed by atoms with Crippen LogP contribution >= 0.6 is 23.7 Å². The molecule has 0 unspecified atom stereocenters. The zero-order chi connectivity index (χ0) is 5.11. The highest BCUT2D eigenvalue weighted by molar-refractivity contribution is 7.13. The van der Waals surface area contributed by atoms with Gasteiger partial charge in [-0.15, -0.1) is 22.6 Å². The standard InChI is InChI=1S/C3H5N3S.ClH/c1-4-3-6-5-2-7-3;/h2H,1H3,(H,4,6);1H. The Morgan fingerprint density at radius 1 is 1.75 bits per heavy atom. The Balaban J connectivity index is 0.000000490. The minimum Gasteiger partial charge on any atom is -0.363 e. The van der Waals surface area contributed by atoms with Crippen LogP contribution in [0.25, 0.3) is 0 Å². The summed E-state index contributed by atoms with van der Waals surface area (Å²) in [5.74, 6) is 0. The summed E-state index contributed by atoms with van der Waals surface area (Å²) in [4.78, 5) is 0. The number of nitrogens with zero attached hydrogens (tertiary/aromatic N) is 2. The molecular formula is C3H6ClN3S. The van der Waals surface area contributed by atoms with Crippen molar-refractivity contribution < 1.29 is 0 Å². The SMILES string of the molecule is CNc1nncs1.Cl. The van der Waals surface area contributed by atoms with E-state index in [4.69, 9.17) is 0 Å². The number of aromatic nitrogens is 2. The molecule has 1 rings (SSSR count). The summed E-state index contributed by atoms with van der Waals surface area (Å²) in [5.41, 5.74) is 1.69. The van der Waals surface area contributed by atoms with Gasteiger partial charge in [0.05, 0.1) is 0 Å². The van der Waals surface area contributed by atoms with Crippen LogP contribution in [0.15, 0.2) is 5.51 Å². The van der Waals surface area contributed by atoms with Crippen molar-refractivity contribution in [2.24, 2.45) is 0 Å². The van der Waals surface area contributed by atoms with Gasteiger partial charge in [-0.25, -0.2) is 0 Å². The zero-order valence-electron chi connectivity index (χ0n) is 4.29. The molecule has 0 bridgehead atoms. The number of nitrogens with one attached hydrogen (secondary N) is 1. The van der Waals surface area contributed by atoms with Crippen molar-refractivity contribution in [3.8, 4) is 0 Å². The van der Waals surface area contributed by atoms with E-state index >= 15 is 0 Å². The Morgan fingerprint density at radius 3 is 2.75 bits per heavy atom. The molecule has 0 amide bonds. The van der Waals surface area contributed by atoms with Crippen LogP contribution in [0.2, 0.25) is 0 Å². The van der Waals surface area contributed by atoms with E-state index in [1.807, 2.05) is 7.05 Å². The van der Waals surface area contributed by atoms with E-state index in [1.165, 1.54) is 11.3 Å². The second-order valence-corrected chi connectivity index (χ2v) is 1.83. The van der Waals surface area contributed by atoms with Crippen molar-refractivity contribution in [1.29, 1.82) is 0 Å². The van der Waals surface area contributed by atoms with E-state index in [0.29, 0.717) is 0 Å². The maximum Gasteiger partial charge on any atom is 0.205 e. The van der Waals surface area contributed by atoms with Gasteiger partial charge in [-0.1, -0.05) is 11.3 Å². The smallest absolute Gasteiger partial charge is 0.205 e. The van der Waals surface area contributed by atoms with Gasteiger partial charge in [-0.2, -0.15) is 0 Å². The number of rotatable bonds is 1. The lowest BCUT2D eigenvalue weighted by atomic mass is 11.1. The predicted molar refractivity (Wildman–Crippen MR) is 36.7 cm³/mol. The molecule has 0 saturated heterocycles. The van der Waals surface area contributed by atoms with Gasteiger partial charge < -0.3 is 5.32 Å². The quantitative estimate of drug-likeness (QED) is 0.651. The molecule has 1 aromatic heterocycles. The molecule has 1 aromatic rings. The first-order valence-corrected chi connectivity index (χ1v) is 2.75. The minimum absolute atomic E-state index is 0. The third kappa shape index (κ3) is 1.63. The molecule has 0 radical (unpaired) electrons. The third-order valence-electron chi connectivity index (χ3n) is 0.574. The van der Waals surface area contributed by atoms with Crippen molar-refractivity contribution in [3.05, 3.63) is 5.51 Å². The first-order valence-electron chi connectivity index (χ1n) is 1.87. The highest BCUT2D eigenvalue weighted by atomic mass is 35.5. The second kappa shape index (κ2) is 3.63. The second-order valence-electron chi connectivity index (χ2n) is 0.994. The van der Waals surface area contributed by atoms with Crippen molar-refractivity contribution in [2.45, 2.75) is 0 Å². The number of hydrogen-bond donors (Lipinski definition) is 1. The zero-order valence-corrected chi connectivity index (χ0v) is 5.92. The molecule has 0 aromatic carbocycles. The fraction of sp³-hybridized carbons (Fsp3) is 0.333. The lowest BCUT2D eigenvalue weighted by molar-refractivity contribution is 1.09. The summed E-state index contributed by atoms with van der Waals surface area (Å²) >= 11 is 1.49. The third-order valence-corrected chi connectivity index (χ3v) is 1.28. The van der Waals surface area contributed by atoms with E-state index in [1.54, 1.807) is 5.51 Å². The van der Waals surface area contributed by atoms with Crippen LogP contribution in [0.3, 0.4) is 0 Å². The lowest BCUT2D eigenvalue weighted by Gasteiger charge is -1.82. The van der Waals surface area contributed by atoms with Crippen LogP contribution in [-0.2, 0) is 0 Å². The molecule has 0 aliphatic carbocycles. The monoisotopic (exact) mass is 151 g/mol. The highest BCUT2D eigenvalue weighted by Crippen LogP contribution is 2.04. The van der Waals surface area contributed by atoms with Gasteiger partial charge >= 0.3 is 0 Å². The summed E-state index contributed by atoms with van der Waals surface area (Å²) in [6.45, 7) is 0. The number of hydrogen-bond acceptors (Lipinski definition) is 4. The molecule has 0 fully saturated rings. The largest absolute Gasteiger partial charge is 0.363 e. The summed E-state index contributed by atoms with van der Waals surface area (Å²) in [7, 11) is 1.82. The summed E-state index contributed by atoms with van der Waals surface area (Å²) in [6, 6.07) is 0.